The molecule has 2 atom stereocenters. The van der Waals surface area contributed by atoms with E-state index in [1.165, 1.54) is 21.6 Å². The first-order valence-electron chi connectivity index (χ1n) is 9.65. The third-order valence-electron chi connectivity index (χ3n) is 4.74. The molecule has 1 saturated carbocycles. The summed E-state index contributed by atoms with van der Waals surface area (Å²) in [6.07, 6.45) is 4.07. The van der Waals surface area contributed by atoms with Gasteiger partial charge in [0.1, 0.15) is 24.2 Å². The standard InChI is InChI=1S/C18H24N4O6S2/c23-13-7-11-3-1-2-6-29-30-10-12(21-14(24)8-19-13)16(26)22-18(4-5-18)17(27)20-9-15(25)28-11/h1,3,11-12H,2,4-10H2,(H,19,23)(H,20,27)(H,21,24)(H,22,26)/b3-1+/t11-,12-/m0/s1. The van der Waals surface area contributed by atoms with Gasteiger partial charge in [-0.1, -0.05) is 27.7 Å². The van der Waals surface area contributed by atoms with Crippen molar-refractivity contribution in [2.24, 2.45) is 0 Å². The fourth-order valence-electron chi connectivity index (χ4n) is 2.94. The van der Waals surface area contributed by atoms with Crippen LogP contribution in [-0.4, -0.2) is 71.9 Å². The van der Waals surface area contributed by atoms with Crippen LogP contribution in [0.3, 0.4) is 0 Å². The lowest BCUT2D eigenvalue weighted by atomic mass is 10.2. The van der Waals surface area contributed by atoms with Crippen molar-refractivity contribution in [2.45, 2.75) is 43.4 Å². The van der Waals surface area contributed by atoms with Crippen molar-refractivity contribution in [3.8, 4) is 0 Å². The van der Waals surface area contributed by atoms with E-state index in [1.807, 2.05) is 6.08 Å². The van der Waals surface area contributed by atoms with E-state index in [9.17, 15) is 24.0 Å². The third kappa shape index (κ3) is 6.39. The number of hydrogen-bond acceptors (Lipinski definition) is 8. The highest BCUT2D eigenvalue weighted by atomic mass is 33.1. The van der Waals surface area contributed by atoms with Gasteiger partial charge < -0.3 is 26.0 Å². The van der Waals surface area contributed by atoms with Gasteiger partial charge in [-0.15, -0.1) is 0 Å². The minimum absolute atomic E-state index is 0.154. The Labute approximate surface area is 181 Å². The van der Waals surface area contributed by atoms with Crippen molar-refractivity contribution < 1.29 is 28.7 Å². The Hall–Kier alpha value is -2.21. The molecule has 0 radical (unpaired) electrons. The number of carbonyl (C=O) groups excluding carboxylic acids is 5. The molecule has 2 heterocycles. The Morgan fingerprint density at radius 2 is 1.80 bits per heavy atom. The second-order valence-corrected chi connectivity index (χ2v) is 9.83. The van der Waals surface area contributed by atoms with Crippen molar-refractivity contribution in [1.82, 2.24) is 21.3 Å². The number of allylic oxidation sites excluding steroid dienone is 1. The maximum atomic E-state index is 12.8. The number of carbonyl (C=O) groups is 5. The average molecular weight is 457 g/mol. The van der Waals surface area contributed by atoms with Crippen molar-refractivity contribution in [1.29, 1.82) is 0 Å². The van der Waals surface area contributed by atoms with Crippen molar-refractivity contribution >= 4 is 51.2 Å². The molecule has 4 N–H and O–H groups in total. The first-order chi connectivity index (χ1) is 14.4. The van der Waals surface area contributed by atoms with E-state index < -0.39 is 47.3 Å². The van der Waals surface area contributed by atoms with Crippen molar-refractivity contribution in [3.63, 3.8) is 0 Å². The monoisotopic (exact) mass is 456 g/mol. The van der Waals surface area contributed by atoms with E-state index in [-0.39, 0.29) is 19.5 Å². The highest BCUT2D eigenvalue weighted by molar-refractivity contribution is 8.76. The minimum atomic E-state index is -1.07. The van der Waals surface area contributed by atoms with Crippen molar-refractivity contribution in [3.05, 3.63) is 12.2 Å². The van der Waals surface area contributed by atoms with Crippen LogP contribution in [0.25, 0.3) is 0 Å². The van der Waals surface area contributed by atoms with Crippen LogP contribution in [0.15, 0.2) is 12.2 Å². The molecule has 1 saturated heterocycles. The molecule has 2 bridgehead atoms. The summed E-state index contributed by atoms with van der Waals surface area (Å²) in [5.74, 6) is -1.59. The molecule has 10 nitrogen and oxygen atoms in total. The van der Waals surface area contributed by atoms with Crippen LogP contribution in [0.2, 0.25) is 0 Å². The molecule has 2 fully saturated rings. The van der Waals surface area contributed by atoms with Crippen LogP contribution in [0, 0.1) is 0 Å². The zero-order chi connectivity index (χ0) is 21.6. The maximum absolute atomic E-state index is 12.8. The Morgan fingerprint density at radius 1 is 1.00 bits per heavy atom. The molecule has 1 spiro atoms. The summed E-state index contributed by atoms with van der Waals surface area (Å²) in [6, 6.07) is -0.858. The van der Waals surface area contributed by atoms with E-state index in [0.717, 1.165) is 5.75 Å². The maximum Gasteiger partial charge on any atom is 0.326 e. The van der Waals surface area contributed by atoms with Gasteiger partial charge in [-0.05, 0) is 25.3 Å². The zero-order valence-electron chi connectivity index (χ0n) is 16.2. The Balaban J connectivity index is 1.86. The molecule has 0 unspecified atom stereocenters. The molecular formula is C18H24N4O6S2. The predicted molar refractivity (Wildman–Crippen MR) is 111 cm³/mol. The van der Waals surface area contributed by atoms with Gasteiger partial charge in [0, 0.05) is 11.5 Å². The molecule has 2 aliphatic heterocycles. The largest absolute Gasteiger partial charge is 0.456 e. The van der Waals surface area contributed by atoms with E-state index in [0.29, 0.717) is 25.0 Å². The van der Waals surface area contributed by atoms with Crippen LogP contribution in [0.5, 0.6) is 0 Å². The van der Waals surface area contributed by atoms with E-state index >= 15 is 0 Å². The molecule has 3 aliphatic rings. The molecule has 1 aliphatic carbocycles. The molecule has 30 heavy (non-hydrogen) atoms. The first-order valence-corrected chi connectivity index (χ1v) is 12.1. The van der Waals surface area contributed by atoms with Gasteiger partial charge in [0.2, 0.25) is 23.6 Å². The van der Waals surface area contributed by atoms with Gasteiger partial charge in [0.15, 0.2) is 0 Å². The second-order valence-electron chi connectivity index (χ2n) is 7.21. The van der Waals surface area contributed by atoms with Gasteiger partial charge in [-0.2, -0.15) is 0 Å². The third-order valence-corrected chi connectivity index (χ3v) is 7.19. The van der Waals surface area contributed by atoms with Crippen LogP contribution in [0.4, 0.5) is 0 Å². The Kier molecular flexibility index (Phi) is 7.64. The summed E-state index contributed by atoms with van der Waals surface area (Å²) in [5, 5.41) is 10.3. The number of amides is 4. The van der Waals surface area contributed by atoms with Gasteiger partial charge in [-0.25, -0.2) is 0 Å². The number of fused-ring (bicyclic) bond motifs is 7. The first kappa shape index (κ1) is 22.5. The van der Waals surface area contributed by atoms with Gasteiger partial charge in [-0.3, -0.25) is 24.0 Å². The molecule has 4 amide bonds. The Bertz CT molecular complexity index is 755. The summed E-state index contributed by atoms with van der Waals surface area (Å²) in [7, 11) is 2.98. The number of esters is 1. The number of hydrogen-bond donors (Lipinski definition) is 4. The lowest BCUT2D eigenvalue weighted by Gasteiger charge is -2.23. The quantitative estimate of drug-likeness (QED) is 0.207. The number of nitrogens with one attached hydrogen (secondary N) is 4. The molecule has 0 aromatic carbocycles. The number of ether oxygens (including phenoxy) is 1. The predicted octanol–water partition coefficient (Wildman–Crippen LogP) is -0.991. The van der Waals surface area contributed by atoms with Gasteiger partial charge in [0.05, 0.1) is 13.0 Å². The summed E-state index contributed by atoms with van der Waals surface area (Å²) in [6.45, 7) is -0.676. The SMILES string of the molecule is O=C1C[C@@H]2/C=C/CCSSC[C@H](NC(=O)CN1)C(=O)NC1(CC1)C(=O)NCC(=O)O2. The van der Waals surface area contributed by atoms with Crippen LogP contribution >= 0.6 is 21.6 Å². The van der Waals surface area contributed by atoms with Crippen molar-refractivity contribution in [2.75, 3.05) is 24.6 Å². The smallest absolute Gasteiger partial charge is 0.326 e. The summed E-state index contributed by atoms with van der Waals surface area (Å²) in [4.78, 5) is 61.9. The van der Waals surface area contributed by atoms with E-state index in [2.05, 4.69) is 21.3 Å². The molecule has 0 aromatic heterocycles. The highest BCUT2D eigenvalue weighted by Crippen LogP contribution is 2.36. The lowest BCUT2D eigenvalue weighted by Crippen LogP contribution is -2.57. The summed E-state index contributed by atoms with van der Waals surface area (Å²) < 4.78 is 5.32. The minimum Gasteiger partial charge on any atom is -0.456 e. The molecular weight excluding hydrogens is 432 g/mol. The van der Waals surface area contributed by atoms with Crippen LogP contribution in [0.1, 0.15) is 25.7 Å². The highest BCUT2D eigenvalue weighted by Gasteiger charge is 2.52. The second kappa shape index (κ2) is 10.2. The normalized spacial score (nSPS) is 29.5. The van der Waals surface area contributed by atoms with Crippen LogP contribution < -0.4 is 21.3 Å². The average Bonchev–Trinajstić information content (AvgIpc) is 3.48. The Morgan fingerprint density at radius 3 is 2.57 bits per heavy atom. The fraction of sp³-hybridized carbons (Fsp3) is 0.611. The molecule has 0 aromatic rings. The number of rotatable bonds is 0. The molecule has 164 valence electrons. The van der Waals surface area contributed by atoms with Crippen LogP contribution in [-0.2, 0) is 28.7 Å². The van der Waals surface area contributed by atoms with E-state index in [1.54, 1.807) is 6.08 Å². The lowest BCUT2D eigenvalue weighted by molar-refractivity contribution is -0.148. The summed E-state index contributed by atoms with van der Waals surface area (Å²) in [5.41, 5.74) is -1.07. The topological polar surface area (TPSA) is 143 Å². The zero-order valence-corrected chi connectivity index (χ0v) is 17.9. The molecule has 3 rings (SSSR count). The molecule has 12 heteroatoms. The van der Waals surface area contributed by atoms with Gasteiger partial charge in [0.25, 0.3) is 0 Å². The summed E-state index contributed by atoms with van der Waals surface area (Å²) >= 11 is 0. The fourth-order valence-corrected chi connectivity index (χ4v) is 5.10. The van der Waals surface area contributed by atoms with Gasteiger partial charge >= 0.3 is 5.97 Å². The van der Waals surface area contributed by atoms with E-state index in [4.69, 9.17) is 4.74 Å².